The van der Waals surface area contributed by atoms with Crippen molar-refractivity contribution in [1.29, 1.82) is 0 Å². The molecule has 1 unspecified atom stereocenters. The van der Waals surface area contributed by atoms with E-state index < -0.39 is 10.0 Å². The molecule has 1 aromatic carbocycles. The van der Waals surface area contributed by atoms with Crippen LogP contribution in [0, 0.1) is 5.41 Å². The van der Waals surface area contributed by atoms with Crippen LogP contribution in [0.5, 0.6) is 11.5 Å². The second-order valence-electron chi connectivity index (χ2n) is 7.29. The van der Waals surface area contributed by atoms with Crippen molar-refractivity contribution in [3.8, 4) is 11.5 Å². The monoisotopic (exact) mass is 419 g/mol. The molecule has 2 heterocycles. The number of fused-ring (bicyclic) bond motifs is 1. The minimum atomic E-state index is -3.81. The van der Waals surface area contributed by atoms with Crippen LogP contribution in [0.1, 0.15) is 26.7 Å². The predicted octanol–water partition coefficient (Wildman–Crippen LogP) is 1.50. The number of anilines is 1. The number of sulfonamides is 1. The van der Waals surface area contributed by atoms with E-state index in [4.69, 9.17) is 9.47 Å². The smallest absolute Gasteiger partial charge is 0.262 e. The van der Waals surface area contributed by atoms with Gasteiger partial charge < -0.3 is 20.1 Å². The van der Waals surface area contributed by atoms with Gasteiger partial charge in [-0.15, -0.1) is 12.4 Å². The summed E-state index contributed by atoms with van der Waals surface area (Å²) in [7, 11) is -2.42. The summed E-state index contributed by atoms with van der Waals surface area (Å²) in [4.78, 5) is 11.4. The van der Waals surface area contributed by atoms with E-state index in [1.165, 1.54) is 19.2 Å². The molecule has 2 aliphatic heterocycles. The molecule has 0 spiro atoms. The molecular formula is C17H26ClN3O5S. The number of carbonyl (C=O) groups is 1. The van der Waals surface area contributed by atoms with Gasteiger partial charge in [-0.25, -0.2) is 13.1 Å². The first-order chi connectivity index (χ1) is 12.2. The number of amides is 1. The summed E-state index contributed by atoms with van der Waals surface area (Å²) < 4.78 is 38.9. The van der Waals surface area contributed by atoms with E-state index >= 15 is 0 Å². The first kappa shape index (κ1) is 21.7. The van der Waals surface area contributed by atoms with Crippen LogP contribution in [0.25, 0.3) is 0 Å². The van der Waals surface area contributed by atoms with Crippen LogP contribution in [-0.2, 0) is 14.8 Å². The van der Waals surface area contributed by atoms with Crippen molar-refractivity contribution in [2.24, 2.45) is 5.41 Å². The van der Waals surface area contributed by atoms with E-state index in [9.17, 15) is 13.2 Å². The summed E-state index contributed by atoms with van der Waals surface area (Å²) in [6, 6.07) is 2.89. The summed E-state index contributed by atoms with van der Waals surface area (Å²) in [6.07, 6.45) is 2.13. The number of hydrogen-bond acceptors (Lipinski definition) is 6. The number of piperidine rings is 1. The lowest BCUT2D eigenvalue weighted by Gasteiger charge is -2.39. The highest BCUT2D eigenvalue weighted by molar-refractivity contribution is 7.89. The normalized spacial score (nSPS) is 21.3. The van der Waals surface area contributed by atoms with Gasteiger partial charge in [-0.05, 0) is 24.8 Å². The molecule has 1 atom stereocenters. The Morgan fingerprint density at radius 3 is 2.78 bits per heavy atom. The van der Waals surface area contributed by atoms with Crippen molar-refractivity contribution in [3.05, 3.63) is 12.1 Å². The van der Waals surface area contributed by atoms with E-state index in [-0.39, 0.29) is 53.6 Å². The van der Waals surface area contributed by atoms with Crippen molar-refractivity contribution in [1.82, 2.24) is 10.0 Å². The number of methoxy groups -OCH3 is 1. The second kappa shape index (κ2) is 8.22. The fourth-order valence-corrected chi connectivity index (χ4v) is 4.56. The first-order valence-electron chi connectivity index (χ1n) is 8.61. The minimum Gasteiger partial charge on any atom is -0.495 e. The topological polar surface area (TPSA) is 106 Å². The Morgan fingerprint density at radius 2 is 2.11 bits per heavy atom. The number of halogens is 1. The molecule has 3 rings (SSSR count). The molecule has 10 heteroatoms. The van der Waals surface area contributed by atoms with Gasteiger partial charge in [0.2, 0.25) is 10.0 Å². The van der Waals surface area contributed by atoms with Crippen LogP contribution in [0.3, 0.4) is 0 Å². The maximum absolute atomic E-state index is 12.9. The molecule has 0 radical (unpaired) electrons. The molecule has 0 aromatic heterocycles. The third-order valence-corrected chi connectivity index (χ3v) is 6.44. The number of rotatable bonds is 5. The van der Waals surface area contributed by atoms with Gasteiger partial charge in [0.15, 0.2) is 6.61 Å². The van der Waals surface area contributed by atoms with Gasteiger partial charge >= 0.3 is 0 Å². The van der Waals surface area contributed by atoms with Crippen molar-refractivity contribution in [2.75, 3.05) is 32.1 Å². The molecule has 1 fully saturated rings. The van der Waals surface area contributed by atoms with Gasteiger partial charge in [-0.1, -0.05) is 13.8 Å². The van der Waals surface area contributed by atoms with Crippen LogP contribution in [0.2, 0.25) is 0 Å². The van der Waals surface area contributed by atoms with Crippen molar-refractivity contribution >= 4 is 34.0 Å². The third kappa shape index (κ3) is 4.66. The fraction of sp³-hybridized carbons (Fsp3) is 0.588. The van der Waals surface area contributed by atoms with Crippen LogP contribution in [0.4, 0.5) is 5.69 Å². The molecule has 2 aliphatic rings. The standard InChI is InChI=1S/C17H25N3O5S.ClH/c1-17(2)5-4-6-18-15(17)9-19-26(22,23)14-8-12-11(7-13(14)24-3)20-16(21)10-25-12;/h7-8,15,18-19H,4-6,9-10H2,1-3H3,(H,20,21);1H. The molecular weight excluding hydrogens is 394 g/mol. The summed E-state index contributed by atoms with van der Waals surface area (Å²) in [5, 5.41) is 6.02. The summed E-state index contributed by atoms with van der Waals surface area (Å²) >= 11 is 0. The number of carbonyl (C=O) groups excluding carboxylic acids is 1. The van der Waals surface area contributed by atoms with Crippen molar-refractivity contribution < 1.29 is 22.7 Å². The van der Waals surface area contributed by atoms with E-state index in [0.717, 1.165) is 19.4 Å². The summed E-state index contributed by atoms with van der Waals surface area (Å²) in [5.41, 5.74) is 0.404. The zero-order valence-electron chi connectivity index (χ0n) is 15.6. The lowest BCUT2D eigenvalue weighted by molar-refractivity contribution is -0.118. The Hall–Kier alpha value is -1.55. The van der Waals surface area contributed by atoms with Gasteiger partial charge in [-0.3, -0.25) is 4.79 Å². The molecule has 0 saturated carbocycles. The lowest BCUT2D eigenvalue weighted by atomic mass is 9.78. The zero-order valence-corrected chi connectivity index (χ0v) is 17.3. The highest BCUT2D eigenvalue weighted by Crippen LogP contribution is 2.37. The maximum atomic E-state index is 12.9. The number of hydrogen-bond donors (Lipinski definition) is 3. The Balaban J connectivity index is 0.00000261. The third-order valence-electron chi connectivity index (χ3n) is 5.00. The van der Waals surface area contributed by atoms with Crippen molar-refractivity contribution in [3.63, 3.8) is 0 Å². The summed E-state index contributed by atoms with van der Waals surface area (Å²) in [6.45, 7) is 5.29. The Morgan fingerprint density at radius 1 is 1.37 bits per heavy atom. The van der Waals surface area contributed by atoms with Crippen LogP contribution < -0.4 is 24.8 Å². The molecule has 8 nitrogen and oxygen atoms in total. The quantitative estimate of drug-likeness (QED) is 0.668. The number of ether oxygens (including phenoxy) is 2. The van der Waals surface area contributed by atoms with Gasteiger partial charge in [0.05, 0.1) is 12.8 Å². The Labute approximate surface area is 165 Å². The molecule has 0 aliphatic carbocycles. The van der Waals surface area contributed by atoms with Crippen LogP contribution in [0.15, 0.2) is 17.0 Å². The van der Waals surface area contributed by atoms with E-state index in [0.29, 0.717) is 11.4 Å². The Bertz CT molecular complexity index is 813. The molecule has 1 amide bonds. The molecule has 3 N–H and O–H groups in total. The highest BCUT2D eigenvalue weighted by Gasteiger charge is 2.33. The van der Waals surface area contributed by atoms with E-state index in [1.807, 2.05) is 0 Å². The molecule has 152 valence electrons. The average Bonchev–Trinajstić information content (AvgIpc) is 2.59. The van der Waals surface area contributed by atoms with E-state index in [1.54, 1.807) is 0 Å². The first-order valence-corrected chi connectivity index (χ1v) is 10.1. The predicted molar refractivity (Wildman–Crippen MR) is 104 cm³/mol. The maximum Gasteiger partial charge on any atom is 0.262 e. The van der Waals surface area contributed by atoms with E-state index in [2.05, 4.69) is 29.2 Å². The van der Waals surface area contributed by atoms with Gasteiger partial charge in [0.1, 0.15) is 16.4 Å². The molecule has 0 bridgehead atoms. The highest BCUT2D eigenvalue weighted by atomic mass is 35.5. The van der Waals surface area contributed by atoms with Gasteiger partial charge in [0, 0.05) is 24.7 Å². The molecule has 27 heavy (non-hydrogen) atoms. The fourth-order valence-electron chi connectivity index (χ4n) is 3.35. The minimum absolute atomic E-state index is 0. The lowest BCUT2D eigenvalue weighted by Crippen LogP contribution is -2.52. The van der Waals surface area contributed by atoms with Crippen LogP contribution >= 0.6 is 12.4 Å². The Kier molecular flexibility index (Phi) is 6.62. The van der Waals surface area contributed by atoms with Gasteiger partial charge in [-0.2, -0.15) is 0 Å². The van der Waals surface area contributed by atoms with Crippen LogP contribution in [-0.4, -0.2) is 47.2 Å². The SMILES string of the molecule is COc1cc2c(cc1S(=O)(=O)NCC1NCCCC1(C)C)OCC(=O)N2.Cl. The molecule has 1 saturated heterocycles. The number of nitrogens with one attached hydrogen (secondary N) is 3. The second-order valence-corrected chi connectivity index (χ2v) is 9.02. The molecule has 1 aromatic rings. The van der Waals surface area contributed by atoms with Gasteiger partial charge in [0.25, 0.3) is 5.91 Å². The number of benzene rings is 1. The largest absolute Gasteiger partial charge is 0.495 e. The summed E-state index contributed by atoms with van der Waals surface area (Å²) in [5.74, 6) is 0.165. The zero-order chi connectivity index (χ0) is 18.9. The van der Waals surface area contributed by atoms with Crippen molar-refractivity contribution in [2.45, 2.75) is 37.6 Å². The average molecular weight is 420 g/mol.